The van der Waals surface area contributed by atoms with E-state index in [0.29, 0.717) is 34.0 Å². The van der Waals surface area contributed by atoms with Gasteiger partial charge >= 0.3 is 5.97 Å². The summed E-state index contributed by atoms with van der Waals surface area (Å²) in [6.07, 6.45) is 3.06. The molecule has 1 aromatic heterocycles. The molecule has 1 aliphatic rings. The number of halogens is 2. The van der Waals surface area contributed by atoms with Crippen LogP contribution in [0.1, 0.15) is 34.6 Å². The zero-order chi connectivity index (χ0) is 22.6. The fourth-order valence-electron chi connectivity index (χ4n) is 3.70. The Morgan fingerprint density at radius 2 is 2.06 bits per heavy atom. The van der Waals surface area contributed by atoms with Crippen molar-refractivity contribution in [2.75, 3.05) is 13.2 Å². The number of esters is 1. The average Bonchev–Trinajstić information content (AvgIpc) is 3.39. The van der Waals surface area contributed by atoms with Crippen LogP contribution in [0.15, 0.2) is 54.9 Å². The summed E-state index contributed by atoms with van der Waals surface area (Å²) in [7, 11) is 1.86. The molecule has 0 unspecified atom stereocenters. The van der Waals surface area contributed by atoms with Gasteiger partial charge in [0.2, 0.25) is 0 Å². The van der Waals surface area contributed by atoms with Gasteiger partial charge in [-0.2, -0.15) is 5.10 Å². The summed E-state index contributed by atoms with van der Waals surface area (Å²) in [6.45, 7) is 0.342. The average molecular weight is 476 g/mol. The van der Waals surface area contributed by atoms with Crippen LogP contribution in [0.5, 0.6) is 0 Å². The first-order valence-electron chi connectivity index (χ1n) is 10.3. The number of hydrogen-bond acceptors (Lipinski definition) is 6. The molecule has 1 fully saturated rings. The highest BCUT2D eigenvalue weighted by Gasteiger charge is 2.44. The van der Waals surface area contributed by atoms with Crippen molar-refractivity contribution in [1.82, 2.24) is 14.8 Å². The van der Waals surface area contributed by atoms with Crippen LogP contribution < -0.4 is 0 Å². The summed E-state index contributed by atoms with van der Waals surface area (Å²) in [4.78, 5) is 16.6. The van der Waals surface area contributed by atoms with E-state index in [2.05, 4.69) is 10.1 Å². The van der Waals surface area contributed by atoms with Crippen LogP contribution in [-0.4, -0.2) is 40.1 Å². The molecule has 168 valence electrons. The van der Waals surface area contributed by atoms with E-state index in [1.807, 2.05) is 19.2 Å². The molecule has 7 nitrogen and oxygen atoms in total. The normalized spacial score (nSPS) is 20.4. The molecule has 2 atom stereocenters. The van der Waals surface area contributed by atoms with Crippen LogP contribution in [-0.2, 0) is 33.5 Å². The molecule has 0 amide bonds. The lowest BCUT2D eigenvalue weighted by Crippen LogP contribution is -2.30. The van der Waals surface area contributed by atoms with Gasteiger partial charge in [-0.3, -0.25) is 4.68 Å². The molecule has 0 saturated carbocycles. The highest BCUT2D eigenvalue weighted by Crippen LogP contribution is 2.42. The topological polar surface area (TPSA) is 75.5 Å². The number of nitrogens with zero attached hydrogens (tertiary/aromatic N) is 3. The Balaban J connectivity index is 1.46. The summed E-state index contributed by atoms with van der Waals surface area (Å²) in [5, 5.41) is 5.09. The molecule has 9 heteroatoms. The molecule has 0 N–H and O–H groups in total. The van der Waals surface area contributed by atoms with E-state index in [-0.39, 0.29) is 13.2 Å². The SMILES string of the molecule is Cn1ncnc1CCC[C@]1(c2ccc(Cl)cc2Cl)OC[C@H](COC(=O)c2ccccc2)O1. The molecule has 2 aromatic carbocycles. The van der Waals surface area contributed by atoms with Crippen molar-refractivity contribution in [3.63, 3.8) is 0 Å². The molecule has 0 spiro atoms. The van der Waals surface area contributed by atoms with Crippen molar-refractivity contribution < 1.29 is 19.0 Å². The second kappa shape index (κ2) is 10.0. The lowest BCUT2D eigenvalue weighted by Gasteiger charge is -2.29. The van der Waals surface area contributed by atoms with Crippen LogP contribution in [0.4, 0.5) is 0 Å². The van der Waals surface area contributed by atoms with Crippen molar-refractivity contribution in [1.29, 1.82) is 0 Å². The van der Waals surface area contributed by atoms with E-state index in [0.717, 1.165) is 12.2 Å². The predicted molar refractivity (Wildman–Crippen MR) is 120 cm³/mol. The maximum Gasteiger partial charge on any atom is 0.338 e. The van der Waals surface area contributed by atoms with Crippen molar-refractivity contribution >= 4 is 29.2 Å². The highest BCUT2D eigenvalue weighted by molar-refractivity contribution is 6.35. The zero-order valence-electron chi connectivity index (χ0n) is 17.5. The minimum Gasteiger partial charge on any atom is -0.459 e. The Bertz CT molecular complexity index is 1080. The summed E-state index contributed by atoms with van der Waals surface area (Å²) in [5.74, 6) is -0.600. The number of hydrogen-bond donors (Lipinski definition) is 0. The van der Waals surface area contributed by atoms with Gasteiger partial charge in [0.05, 0.1) is 17.2 Å². The third-order valence-corrected chi connectivity index (χ3v) is 5.87. The van der Waals surface area contributed by atoms with E-state index in [4.69, 9.17) is 37.4 Å². The standard InChI is InChI=1S/C23H23Cl2N3O4/c1-28-21(26-15-27-28)8-5-11-23(19-10-9-17(24)12-20(19)25)31-14-18(32-23)13-30-22(29)16-6-3-2-4-7-16/h2-4,6-7,9-10,12,15,18H,5,8,11,13-14H2,1H3/t18-,23-/m0/s1. The lowest BCUT2D eigenvalue weighted by atomic mass is 9.99. The molecular weight excluding hydrogens is 453 g/mol. The monoisotopic (exact) mass is 475 g/mol. The van der Waals surface area contributed by atoms with Crippen molar-refractivity contribution in [3.05, 3.63) is 81.9 Å². The summed E-state index contributed by atoms with van der Waals surface area (Å²) < 4.78 is 19.7. The minimum atomic E-state index is -1.07. The fraction of sp³-hybridized carbons (Fsp3) is 0.348. The first kappa shape index (κ1) is 22.7. The molecule has 2 heterocycles. The second-order valence-corrected chi connectivity index (χ2v) is 8.39. The molecule has 0 aliphatic carbocycles. The second-order valence-electron chi connectivity index (χ2n) is 7.55. The molecule has 3 aromatic rings. The van der Waals surface area contributed by atoms with Crippen LogP contribution in [0.25, 0.3) is 0 Å². The number of aromatic nitrogens is 3. The molecule has 1 saturated heterocycles. The van der Waals surface area contributed by atoms with Crippen molar-refractivity contribution in [2.24, 2.45) is 7.05 Å². The third-order valence-electron chi connectivity index (χ3n) is 5.32. The quantitative estimate of drug-likeness (QED) is 0.444. The fourth-order valence-corrected chi connectivity index (χ4v) is 4.26. The van der Waals surface area contributed by atoms with Gasteiger partial charge in [0.15, 0.2) is 5.79 Å². The smallest absolute Gasteiger partial charge is 0.338 e. The van der Waals surface area contributed by atoms with E-state index >= 15 is 0 Å². The van der Waals surface area contributed by atoms with Gasteiger partial charge in [0, 0.05) is 30.5 Å². The third kappa shape index (κ3) is 5.13. The van der Waals surface area contributed by atoms with Gasteiger partial charge in [-0.15, -0.1) is 0 Å². The van der Waals surface area contributed by atoms with Gasteiger partial charge in [-0.25, -0.2) is 9.78 Å². The lowest BCUT2D eigenvalue weighted by molar-refractivity contribution is -0.185. The van der Waals surface area contributed by atoms with E-state index in [1.165, 1.54) is 6.33 Å². The number of carbonyl (C=O) groups is 1. The molecule has 1 aliphatic heterocycles. The minimum absolute atomic E-state index is 0.0734. The maximum absolute atomic E-state index is 12.3. The Kier molecular flexibility index (Phi) is 7.10. The van der Waals surface area contributed by atoms with Crippen LogP contribution >= 0.6 is 23.2 Å². The number of ether oxygens (including phenoxy) is 3. The molecule has 0 bridgehead atoms. The summed E-state index contributed by atoms with van der Waals surface area (Å²) >= 11 is 12.6. The molecule has 4 rings (SSSR count). The first-order valence-corrected chi connectivity index (χ1v) is 11.0. The largest absolute Gasteiger partial charge is 0.459 e. The summed E-state index contributed by atoms with van der Waals surface area (Å²) in [5.41, 5.74) is 1.18. The number of aryl methyl sites for hydroxylation is 2. The number of rotatable bonds is 8. The van der Waals surface area contributed by atoms with Gasteiger partial charge in [0.25, 0.3) is 0 Å². The van der Waals surface area contributed by atoms with Gasteiger partial charge < -0.3 is 14.2 Å². The molecule has 32 heavy (non-hydrogen) atoms. The van der Waals surface area contributed by atoms with Crippen LogP contribution in [0.3, 0.4) is 0 Å². The van der Waals surface area contributed by atoms with E-state index < -0.39 is 17.9 Å². The highest BCUT2D eigenvalue weighted by atomic mass is 35.5. The van der Waals surface area contributed by atoms with Gasteiger partial charge in [-0.1, -0.05) is 47.5 Å². The Morgan fingerprint density at radius 3 is 2.78 bits per heavy atom. The van der Waals surface area contributed by atoms with Crippen molar-refractivity contribution in [3.8, 4) is 0 Å². The zero-order valence-corrected chi connectivity index (χ0v) is 19.1. The van der Waals surface area contributed by atoms with E-state index in [1.54, 1.807) is 41.1 Å². The van der Waals surface area contributed by atoms with Crippen LogP contribution in [0.2, 0.25) is 10.0 Å². The Morgan fingerprint density at radius 1 is 1.25 bits per heavy atom. The first-order chi connectivity index (χ1) is 15.5. The summed E-state index contributed by atoms with van der Waals surface area (Å²) in [6, 6.07) is 14.1. The number of benzene rings is 2. The van der Waals surface area contributed by atoms with Crippen LogP contribution in [0, 0.1) is 0 Å². The molecular formula is C23H23Cl2N3O4. The van der Waals surface area contributed by atoms with Crippen molar-refractivity contribution in [2.45, 2.75) is 31.2 Å². The maximum atomic E-state index is 12.3. The number of carbonyl (C=O) groups excluding carboxylic acids is 1. The molecule has 0 radical (unpaired) electrons. The van der Waals surface area contributed by atoms with Gasteiger partial charge in [-0.05, 0) is 30.7 Å². The van der Waals surface area contributed by atoms with E-state index in [9.17, 15) is 4.79 Å². The van der Waals surface area contributed by atoms with Gasteiger partial charge in [0.1, 0.15) is 24.9 Å². The predicted octanol–water partition coefficient (Wildman–Crippen LogP) is 4.57. The Hall–Kier alpha value is -2.45. The Labute approximate surface area is 196 Å².